The molecule has 0 unspecified atom stereocenters. The first-order valence-corrected chi connectivity index (χ1v) is 9.60. The van der Waals surface area contributed by atoms with Gasteiger partial charge in [0, 0.05) is 18.9 Å². The van der Waals surface area contributed by atoms with Crippen LogP contribution in [0.4, 0.5) is 14.5 Å². The zero-order valence-electron chi connectivity index (χ0n) is 16.7. The van der Waals surface area contributed by atoms with Gasteiger partial charge < -0.3 is 19.2 Å². The third-order valence-corrected chi connectivity index (χ3v) is 4.16. The zero-order valence-corrected chi connectivity index (χ0v) is 16.7. The first-order chi connectivity index (χ1) is 14.5. The second-order valence-electron chi connectivity index (χ2n) is 6.29. The van der Waals surface area contributed by atoms with Crippen LogP contribution in [-0.4, -0.2) is 24.1 Å². The molecule has 30 heavy (non-hydrogen) atoms. The van der Waals surface area contributed by atoms with Crippen LogP contribution < -0.4 is 14.8 Å². The zero-order chi connectivity index (χ0) is 21.5. The number of halogens is 2. The van der Waals surface area contributed by atoms with Crippen LogP contribution >= 0.6 is 0 Å². The number of carbonyl (C=O) groups excluding carboxylic acids is 1. The van der Waals surface area contributed by atoms with Gasteiger partial charge >= 0.3 is 0 Å². The van der Waals surface area contributed by atoms with Gasteiger partial charge in [0.2, 0.25) is 5.91 Å². The summed E-state index contributed by atoms with van der Waals surface area (Å²) in [7, 11) is 0. The first-order valence-electron chi connectivity index (χ1n) is 9.60. The number of anilines is 1. The number of rotatable bonds is 9. The molecule has 0 spiro atoms. The van der Waals surface area contributed by atoms with Crippen LogP contribution in [0.25, 0.3) is 11.3 Å². The van der Waals surface area contributed by atoms with Crippen molar-refractivity contribution in [2.75, 3.05) is 18.5 Å². The van der Waals surface area contributed by atoms with Crippen molar-refractivity contribution in [2.45, 2.75) is 26.7 Å². The maximum Gasteiger partial charge on any atom is 0.224 e. The summed E-state index contributed by atoms with van der Waals surface area (Å²) in [5, 5.41) is 2.79. The van der Waals surface area contributed by atoms with Crippen molar-refractivity contribution in [3.63, 3.8) is 0 Å². The molecule has 8 heteroatoms. The summed E-state index contributed by atoms with van der Waals surface area (Å²) < 4.78 is 44.2. The molecule has 3 rings (SSSR count). The Bertz CT molecular complexity index is 1000. The lowest BCUT2D eigenvalue weighted by molar-refractivity contribution is -0.116. The summed E-state index contributed by atoms with van der Waals surface area (Å²) in [5.41, 5.74) is 0.212. The van der Waals surface area contributed by atoms with Crippen molar-refractivity contribution in [3.8, 4) is 22.8 Å². The number of hydrogen-bond acceptors (Lipinski definition) is 5. The molecule has 3 aromatic rings. The predicted octanol–water partition coefficient (Wildman–Crippen LogP) is 4.99. The Morgan fingerprint density at radius 3 is 2.53 bits per heavy atom. The van der Waals surface area contributed by atoms with Gasteiger partial charge in [-0.05, 0) is 38.1 Å². The number of amides is 1. The molecule has 0 radical (unpaired) electrons. The van der Waals surface area contributed by atoms with Crippen LogP contribution in [0.5, 0.6) is 11.5 Å². The van der Waals surface area contributed by atoms with E-state index in [9.17, 15) is 13.6 Å². The van der Waals surface area contributed by atoms with E-state index in [0.717, 1.165) is 12.1 Å². The third-order valence-electron chi connectivity index (χ3n) is 4.16. The van der Waals surface area contributed by atoms with Gasteiger partial charge in [0.1, 0.15) is 23.1 Å². The van der Waals surface area contributed by atoms with Crippen LogP contribution in [0.15, 0.2) is 47.0 Å². The Kier molecular flexibility index (Phi) is 7.00. The minimum Gasteiger partial charge on any atom is -0.494 e. The molecule has 158 valence electrons. The summed E-state index contributed by atoms with van der Waals surface area (Å²) in [6.07, 6.45) is 1.47. The van der Waals surface area contributed by atoms with Crippen LogP contribution in [0.1, 0.15) is 26.2 Å². The number of ether oxygens (including phenoxy) is 2. The fourth-order valence-corrected chi connectivity index (χ4v) is 2.85. The minimum atomic E-state index is -0.743. The maximum atomic E-state index is 13.9. The van der Waals surface area contributed by atoms with Crippen LogP contribution in [0.2, 0.25) is 0 Å². The monoisotopic (exact) mass is 416 g/mol. The number of hydrogen-bond donors (Lipinski definition) is 1. The SMILES string of the molecule is CCOc1ccc(OCC)c(NC(=O)CCc2ncc(-c3c(F)cccc3F)o2)c1. The van der Waals surface area contributed by atoms with E-state index >= 15 is 0 Å². The Labute approximate surface area is 172 Å². The van der Waals surface area contributed by atoms with Crippen molar-refractivity contribution < 1.29 is 27.5 Å². The summed E-state index contributed by atoms with van der Waals surface area (Å²) in [6, 6.07) is 8.73. The Morgan fingerprint density at radius 2 is 1.83 bits per heavy atom. The van der Waals surface area contributed by atoms with Crippen molar-refractivity contribution in [1.82, 2.24) is 4.98 Å². The smallest absolute Gasteiger partial charge is 0.224 e. The van der Waals surface area contributed by atoms with Gasteiger partial charge in [0.15, 0.2) is 11.7 Å². The Hall–Kier alpha value is -3.42. The third kappa shape index (κ3) is 5.14. The van der Waals surface area contributed by atoms with Crippen molar-refractivity contribution >= 4 is 11.6 Å². The molecule has 1 N–H and O–H groups in total. The first kappa shape index (κ1) is 21.3. The number of oxazole rings is 1. The van der Waals surface area contributed by atoms with Crippen LogP contribution in [-0.2, 0) is 11.2 Å². The maximum absolute atomic E-state index is 13.9. The van der Waals surface area contributed by atoms with Crippen LogP contribution in [0, 0.1) is 11.6 Å². The average molecular weight is 416 g/mol. The van der Waals surface area contributed by atoms with Gasteiger partial charge in [-0.1, -0.05) is 6.07 Å². The van der Waals surface area contributed by atoms with Crippen molar-refractivity contribution in [3.05, 3.63) is 60.1 Å². The van der Waals surface area contributed by atoms with Gasteiger partial charge in [-0.15, -0.1) is 0 Å². The summed E-state index contributed by atoms with van der Waals surface area (Å²) in [5.74, 6) is -0.453. The van der Waals surface area contributed by atoms with Gasteiger partial charge in [0.25, 0.3) is 0 Å². The lowest BCUT2D eigenvalue weighted by Gasteiger charge is -2.13. The van der Waals surface area contributed by atoms with E-state index in [1.54, 1.807) is 18.2 Å². The topological polar surface area (TPSA) is 73.6 Å². The fraction of sp³-hybridized carbons (Fsp3) is 0.273. The number of carbonyl (C=O) groups is 1. The molecule has 1 amide bonds. The quantitative estimate of drug-likeness (QED) is 0.532. The summed E-state index contributed by atoms with van der Waals surface area (Å²) in [6.45, 7) is 4.66. The highest BCUT2D eigenvalue weighted by Crippen LogP contribution is 2.30. The number of benzene rings is 2. The van der Waals surface area contributed by atoms with E-state index in [-0.39, 0.29) is 36.0 Å². The van der Waals surface area contributed by atoms with Gasteiger partial charge in [-0.25, -0.2) is 13.8 Å². The molecule has 0 aliphatic carbocycles. The van der Waals surface area contributed by atoms with E-state index in [0.29, 0.717) is 30.4 Å². The molecule has 0 atom stereocenters. The molecule has 0 aliphatic heterocycles. The Morgan fingerprint density at radius 1 is 1.10 bits per heavy atom. The lowest BCUT2D eigenvalue weighted by Crippen LogP contribution is -2.13. The lowest BCUT2D eigenvalue weighted by atomic mass is 10.1. The molecule has 0 saturated carbocycles. The highest BCUT2D eigenvalue weighted by Gasteiger charge is 2.17. The second kappa shape index (κ2) is 9.87. The molecule has 0 saturated heterocycles. The van der Waals surface area contributed by atoms with E-state index < -0.39 is 11.6 Å². The van der Waals surface area contributed by atoms with E-state index in [1.165, 1.54) is 12.3 Å². The molecular weight excluding hydrogens is 394 g/mol. The predicted molar refractivity (Wildman–Crippen MR) is 108 cm³/mol. The van der Waals surface area contributed by atoms with Crippen LogP contribution in [0.3, 0.4) is 0 Å². The van der Waals surface area contributed by atoms with E-state index in [4.69, 9.17) is 13.9 Å². The molecular formula is C22H22F2N2O4. The highest BCUT2D eigenvalue weighted by molar-refractivity contribution is 5.92. The molecule has 0 fully saturated rings. The van der Waals surface area contributed by atoms with Gasteiger partial charge in [-0.3, -0.25) is 4.79 Å². The fourth-order valence-electron chi connectivity index (χ4n) is 2.85. The number of aryl methyl sites for hydroxylation is 1. The van der Waals surface area contributed by atoms with E-state index in [2.05, 4.69) is 10.3 Å². The molecule has 2 aromatic carbocycles. The molecule has 0 bridgehead atoms. The number of aromatic nitrogens is 1. The average Bonchev–Trinajstić information content (AvgIpc) is 3.17. The summed E-state index contributed by atoms with van der Waals surface area (Å²) >= 11 is 0. The standard InChI is InChI=1S/C22H22F2N2O4/c1-3-28-14-8-9-18(29-4-2)17(12-14)26-20(27)10-11-21-25-13-19(30-21)22-15(23)6-5-7-16(22)24/h5-9,12-13H,3-4,10-11H2,1-2H3,(H,26,27). The largest absolute Gasteiger partial charge is 0.494 e. The second-order valence-corrected chi connectivity index (χ2v) is 6.29. The molecule has 1 heterocycles. The van der Waals surface area contributed by atoms with Crippen molar-refractivity contribution in [1.29, 1.82) is 0 Å². The highest BCUT2D eigenvalue weighted by atomic mass is 19.1. The number of nitrogens with one attached hydrogen (secondary N) is 1. The minimum absolute atomic E-state index is 0.0240. The molecule has 6 nitrogen and oxygen atoms in total. The molecule has 0 aliphatic rings. The summed E-state index contributed by atoms with van der Waals surface area (Å²) in [4.78, 5) is 16.4. The normalized spacial score (nSPS) is 10.7. The van der Waals surface area contributed by atoms with Gasteiger partial charge in [0.05, 0.1) is 30.7 Å². The Balaban J connectivity index is 1.66. The number of nitrogens with zero attached hydrogens (tertiary/aromatic N) is 1. The van der Waals surface area contributed by atoms with Crippen molar-refractivity contribution in [2.24, 2.45) is 0 Å². The van der Waals surface area contributed by atoms with Gasteiger partial charge in [-0.2, -0.15) is 0 Å². The van der Waals surface area contributed by atoms with E-state index in [1.807, 2.05) is 13.8 Å². The molecule has 1 aromatic heterocycles.